The molecule has 0 radical (unpaired) electrons. The molecule has 4 rings (SSSR count). The standard InChI is InChI=1S/C27H27FO2P/c1-27(2,3)31(23-10-6-4-7-11-23,24-12-8-5-9-13-24)30-26-17-20(19-29)16-21-18-22(28)14-15-25(21)26/h4-18,29H,19H2,1-3H3/q+1. The SMILES string of the molecule is CC(C)(C)[P+](Oc1cc(CO)cc2cc(F)ccc12)(c1ccccc1)c1ccccc1. The van der Waals surface area contributed by atoms with Crippen molar-refractivity contribution in [2.45, 2.75) is 32.5 Å². The summed E-state index contributed by atoms with van der Waals surface area (Å²) in [7, 11) is -2.43. The predicted molar refractivity (Wildman–Crippen MR) is 129 cm³/mol. The minimum atomic E-state index is -2.43. The number of fused-ring (bicyclic) bond motifs is 1. The number of aliphatic hydroxyl groups excluding tert-OH is 1. The van der Waals surface area contributed by atoms with E-state index in [-0.39, 0.29) is 17.6 Å². The van der Waals surface area contributed by atoms with Gasteiger partial charge in [-0.05, 0) is 86.3 Å². The van der Waals surface area contributed by atoms with Crippen LogP contribution < -0.4 is 15.1 Å². The highest BCUT2D eigenvalue weighted by Gasteiger charge is 2.57. The number of benzene rings is 4. The van der Waals surface area contributed by atoms with Gasteiger partial charge < -0.3 is 9.63 Å². The molecule has 2 nitrogen and oxygen atoms in total. The highest BCUT2D eigenvalue weighted by molar-refractivity contribution is 7.87. The van der Waals surface area contributed by atoms with Crippen molar-refractivity contribution in [1.82, 2.24) is 0 Å². The quantitative estimate of drug-likeness (QED) is 0.378. The van der Waals surface area contributed by atoms with E-state index in [2.05, 4.69) is 45.0 Å². The van der Waals surface area contributed by atoms with Crippen molar-refractivity contribution in [3.8, 4) is 5.75 Å². The second-order valence-corrected chi connectivity index (χ2v) is 12.4. The summed E-state index contributed by atoms with van der Waals surface area (Å²) >= 11 is 0. The first-order chi connectivity index (χ1) is 14.8. The molecule has 0 saturated carbocycles. The summed E-state index contributed by atoms with van der Waals surface area (Å²) in [5, 5.41) is 13.4. The largest absolute Gasteiger partial charge is 0.392 e. The van der Waals surface area contributed by atoms with Crippen LogP contribution in [0, 0.1) is 5.82 Å². The Hall–Kier alpha value is -2.74. The maximum Gasteiger partial charge on any atom is 0.260 e. The van der Waals surface area contributed by atoms with Gasteiger partial charge in [0.25, 0.3) is 7.49 Å². The number of hydrogen-bond donors (Lipinski definition) is 1. The first-order valence-corrected chi connectivity index (χ1v) is 12.1. The molecule has 4 heteroatoms. The fourth-order valence-corrected chi connectivity index (χ4v) is 8.08. The zero-order valence-electron chi connectivity index (χ0n) is 18.0. The fraction of sp³-hybridized carbons (Fsp3) is 0.185. The number of halogens is 1. The Morgan fingerprint density at radius 3 is 1.90 bits per heavy atom. The van der Waals surface area contributed by atoms with E-state index in [0.29, 0.717) is 11.3 Å². The average Bonchev–Trinajstić information content (AvgIpc) is 2.77. The predicted octanol–water partition coefficient (Wildman–Crippen LogP) is 6.23. The van der Waals surface area contributed by atoms with E-state index >= 15 is 0 Å². The number of aliphatic hydroxyl groups is 1. The van der Waals surface area contributed by atoms with E-state index in [9.17, 15) is 9.50 Å². The Morgan fingerprint density at radius 1 is 0.806 bits per heavy atom. The molecule has 0 unspecified atom stereocenters. The molecule has 4 aromatic rings. The van der Waals surface area contributed by atoms with Crippen molar-refractivity contribution in [2.24, 2.45) is 0 Å². The Kier molecular flexibility index (Phi) is 5.83. The van der Waals surface area contributed by atoms with Crippen molar-refractivity contribution in [2.75, 3.05) is 0 Å². The summed E-state index contributed by atoms with van der Waals surface area (Å²) in [6.07, 6.45) is 0. The molecule has 0 aliphatic rings. The minimum Gasteiger partial charge on any atom is -0.392 e. The van der Waals surface area contributed by atoms with Gasteiger partial charge in [-0.2, -0.15) is 0 Å². The van der Waals surface area contributed by atoms with Crippen LogP contribution in [-0.4, -0.2) is 10.3 Å². The monoisotopic (exact) mass is 433 g/mol. The third-order valence-electron chi connectivity index (χ3n) is 5.54. The maximum absolute atomic E-state index is 14.0. The smallest absolute Gasteiger partial charge is 0.260 e. The summed E-state index contributed by atoms with van der Waals surface area (Å²) in [5.41, 5.74) is 0.696. The first-order valence-electron chi connectivity index (χ1n) is 10.4. The van der Waals surface area contributed by atoms with Crippen LogP contribution in [0.25, 0.3) is 10.8 Å². The van der Waals surface area contributed by atoms with Crippen molar-refractivity contribution in [1.29, 1.82) is 0 Å². The van der Waals surface area contributed by atoms with Gasteiger partial charge in [0.05, 0.1) is 6.61 Å². The van der Waals surface area contributed by atoms with Gasteiger partial charge in [0.1, 0.15) is 21.6 Å². The van der Waals surface area contributed by atoms with E-state index in [4.69, 9.17) is 4.52 Å². The van der Waals surface area contributed by atoms with Crippen LogP contribution in [0.2, 0.25) is 0 Å². The molecule has 0 fully saturated rings. The van der Waals surface area contributed by atoms with Crippen LogP contribution in [-0.2, 0) is 6.61 Å². The molecule has 1 N–H and O–H groups in total. The molecule has 0 saturated heterocycles. The molecule has 0 bridgehead atoms. The van der Waals surface area contributed by atoms with Gasteiger partial charge in [-0.1, -0.05) is 36.4 Å². The zero-order valence-corrected chi connectivity index (χ0v) is 18.9. The van der Waals surface area contributed by atoms with Gasteiger partial charge in [-0.25, -0.2) is 4.39 Å². The average molecular weight is 433 g/mol. The van der Waals surface area contributed by atoms with Crippen LogP contribution in [0.15, 0.2) is 91.0 Å². The zero-order chi connectivity index (χ0) is 22.1. The van der Waals surface area contributed by atoms with Crippen LogP contribution in [0.4, 0.5) is 4.39 Å². The fourth-order valence-electron chi connectivity index (χ4n) is 4.12. The Balaban J connectivity index is 2.03. The molecule has 31 heavy (non-hydrogen) atoms. The molecule has 0 spiro atoms. The minimum absolute atomic E-state index is 0.138. The first kappa shape index (κ1) is 21.5. The topological polar surface area (TPSA) is 29.5 Å². The Morgan fingerprint density at radius 2 is 1.39 bits per heavy atom. The number of hydrogen-bond acceptors (Lipinski definition) is 2. The lowest BCUT2D eigenvalue weighted by Gasteiger charge is -2.36. The lowest BCUT2D eigenvalue weighted by Crippen LogP contribution is -2.39. The van der Waals surface area contributed by atoms with Gasteiger partial charge in [0, 0.05) is 5.39 Å². The van der Waals surface area contributed by atoms with Crippen LogP contribution in [0.3, 0.4) is 0 Å². The Labute approximate surface area is 183 Å². The molecule has 158 valence electrons. The molecule has 0 aliphatic carbocycles. The van der Waals surface area contributed by atoms with Gasteiger partial charge >= 0.3 is 0 Å². The van der Waals surface area contributed by atoms with E-state index in [1.807, 2.05) is 48.5 Å². The molecule has 0 amide bonds. The third-order valence-corrected chi connectivity index (χ3v) is 9.95. The molecule has 0 heterocycles. The lowest BCUT2D eigenvalue weighted by atomic mass is 10.1. The second-order valence-electron chi connectivity index (χ2n) is 8.66. The van der Waals surface area contributed by atoms with Gasteiger partial charge in [0.15, 0.2) is 5.75 Å². The van der Waals surface area contributed by atoms with Crippen LogP contribution in [0.5, 0.6) is 5.75 Å². The molecule has 0 atom stereocenters. The molecular weight excluding hydrogens is 406 g/mol. The highest BCUT2D eigenvalue weighted by atomic mass is 31.2. The summed E-state index contributed by atoms with van der Waals surface area (Å²) in [6.45, 7) is 6.48. The second kappa shape index (κ2) is 8.42. The number of rotatable bonds is 5. The summed E-state index contributed by atoms with van der Waals surface area (Å²) in [4.78, 5) is 0. The summed E-state index contributed by atoms with van der Waals surface area (Å²) < 4.78 is 21.1. The van der Waals surface area contributed by atoms with Crippen molar-refractivity contribution >= 4 is 28.9 Å². The van der Waals surface area contributed by atoms with Gasteiger partial charge in [0.2, 0.25) is 0 Å². The van der Waals surface area contributed by atoms with Crippen LogP contribution in [0.1, 0.15) is 26.3 Å². The normalized spacial score (nSPS) is 12.2. The molecule has 0 aliphatic heterocycles. The highest BCUT2D eigenvalue weighted by Crippen LogP contribution is 2.67. The third kappa shape index (κ3) is 3.96. The van der Waals surface area contributed by atoms with Crippen LogP contribution >= 0.6 is 7.49 Å². The molecule has 4 aromatic carbocycles. The van der Waals surface area contributed by atoms with E-state index in [1.54, 1.807) is 6.07 Å². The van der Waals surface area contributed by atoms with Crippen molar-refractivity contribution in [3.05, 3.63) is 102 Å². The summed E-state index contributed by atoms with van der Waals surface area (Å²) in [6, 6.07) is 29.1. The lowest BCUT2D eigenvalue weighted by molar-refractivity contribution is 0.281. The molecule has 0 aromatic heterocycles. The summed E-state index contributed by atoms with van der Waals surface area (Å²) in [5.74, 6) is 0.356. The maximum atomic E-state index is 14.0. The van der Waals surface area contributed by atoms with E-state index < -0.39 is 7.49 Å². The van der Waals surface area contributed by atoms with Crippen molar-refractivity contribution in [3.63, 3.8) is 0 Å². The van der Waals surface area contributed by atoms with E-state index in [1.165, 1.54) is 12.1 Å². The van der Waals surface area contributed by atoms with Gasteiger partial charge in [-0.15, -0.1) is 0 Å². The Bertz CT molecular complexity index is 1140. The van der Waals surface area contributed by atoms with E-state index in [0.717, 1.165) is 21.4 Å². The van der Waals surface area contributed by atoms with Gasteiger partial charge in [-0.3, -0.25) is 0 Å². The molecular formula is C27H27FO2P+. The van der Waals surface area contributed by atoms with Crippen molar-refractivity contribution < 1.29 is 14.0 Å².